The van der Waals surface area contributed by atoms with Gasteiger partial charge in [0.2, 0.25) is 0 Å². The Morgan fingerprint density at radius 2 is 2.14 bits per heavy atom. The second-order valence-electron chi connectivity index (χ2n) is 4.04. The molecule has 0 bridgehead atoms. The Morgan fingerprint density at radius 1 is 1.43 bits per heavy atom. The minimum atomic E-state index is -0.887. The first kappa shape index (κ1) is 9.52. The number of aliphatic hydroxyl groups is 2. The van der Waals surface area contributed by atoms with Crippen molar-refractivity contribution in [3.8, 4) is 0 Å². The highest BCUT2D eigenvalue weighted by molar-refractivity contribution is 5.90. The Bertz CT molecular complexity index is 294. The van der Waals surface area contributed by atoms with Gasteiger partial charge in [-0.15, -0.1) is 0 Å². The molecule has 1 fully saturated rings. The van der Waals surface area contributed by atoms with Crippen LogP contribution in [-0.4, -0.2) is 28.4 Å². The molecule has 1 aliphatic carbocycles. The van der Waals surface area contributed by atoms with Crippen molar-refractivity contribution in [1.29, 1.82) is 0 Å². The van der Waals surface area contributed by atoms with E-state index in [0.29, 0.717) is 12.0 Å². The van der Waals surface area contributed by atoms with Crippen molar-refractivity contribution in [3.63, 3.8) is 0 Å². The fourth-order valence-corrected chi connectivity index (χ4v) is 2.23. The van der Waals surface area contributed by atoms with Gasteiger partial charge in [0.25, 0.3) is 0 Å². The van der Waals surface area contributed by atoms with Crippen LogP contribution < -0.4 is 0 Å². The van der Waals surface area contributed by atoms with Crippen LogP contribution in [0.4, 0.5) is 0 Å². The molecule has 4 nitrogen and oxygen atoms in total. The lowest BCUT2D eigenvalue weighted by molar-refractivity contribution is -0.149. The molecule has 0 radical (unpaired) electrons. The zero-order valence-corrected chi connectivity index (χ0v) is 8.06. The first-order valence-corrected chi connectivity index (χ1v) is 4.91. The van der Waals surface area contributed by atoms with Crippen LogP contribution in [0.5, 0.6) is 0 Å². The normalized spacial score (nSPS) is 37.9. The van der Waals surface area contributed by atoms with Crippen molar-refractivity contribution in [3.05, 3.63) is 11.3 Å². The maximum absolute atomic E-state index is 11.4. The molecule has 1 aliphatic heterocycles. The number of rotatable bonds is 0. The zero-order chi connectivity index (χ0) is 10.3. The smallest absolute Gasteiger partial charge is 0.338 e. The standard InChI is InChI=1S/C10H14O4/c1-5-4-6-2-3-7(11)9(12)8(6)10(13)14-5/h5-7,11-12H,2-4H2,1H3/t5-,6+,7-/m0/s1. The van der Waals surface area contributed by atoms with Gasteiger partial charge in [0.05, 0.1) is 11.7 Å². The highest BCUT2D eigenvalue weighted by Crippen LogP contribution is 2.36. The van der Waals surface area contributed by atoms with E-state index in [2.05, 4.69) is 0 Å². The van der Waals surface area contributed by atoms with Gasteiger partial charge in [-0.2, -0.15) is 0 Å². The molecule has 78 valence electrons. The van der Waals surface area contributed by atoms with Gasteiger partial charge in [-0.05, 0) is 32.1 Å². The van der Waals surface area contributed by atoms with Crippen LogP contribution in [-0.2, 0) is 9.53 Å². The molecular weight excluding hydrogens is 184 g/mol. The summed E-state index contributed by atoms with van der Waals surface area (Å²) < 4.78 is 5.01. The van der Waals surface area contributed by atoms with Crippen LogP contribution in [0, 0.1) is 5.92 Å². The largest absolute Gasteiger partial charge is 0.509 e. The van der Waals surface area contributed by atoms with Crippen molar-refractivity contribution in [2.24, 2.45) is 5.92 Å². The topological polar surface area (TPSA) is 66.8 Å². The number of hydrogen-bond acceptors (Lipinski definition) is 4. The van der Waals surface area contributed by atoms with E-state index in [1.807, 2.05) is 6.92 Å². The molecule has 0 amide bonds. The van der Waals surface area contributed by atoms with E-state index in [1.165, 1.54) is 0 Å². The van der Waals surface area contributed by atoms with E-state index < -0.39 is 12.1 Å². The number of ether oxygens (including phenoxy) is 1. The fourth-order valence-electron chi connectivity index (χ4n) is 2.23. The molecule has 1 heterocycles. The molecule has 0 aromatic rings. The molecule has 2 rings (SSSR count). The van der Waals surface area contributed by atoms with Gasteiger partial charge in [0.1, 0.15) is 11.9 Å². The summed E-state index contributed by atoms with van der Waals surface area (Å²) in [7, 11) is 0. The minimum absolute atomic E-state index is 0.0645. The van der Waals surface area contributed by atoms with Crippen molar-refractivity contribution >= 4 is 5.97 Å². The van der Waals surface area contributed by atoms with Gasteiger partial charge in [-0.3, -0.25) is 0 Å². The number of esters is 1. The van der Waals surface area contributed by atoms with Crippen LogP contribution in [0.2, 0.25) is 0 Å². The quantitative estimate of drug-likeness (QED) is 0.568. The molecule has 2 N–H and O–H groups in total. The molecule has 0 spiro atoms. The Labute approximate surface area is 82.2 Å². The predicted octanol–water partition coefficient (Wildman–Crippen LogP) is 0.905. The van der Waals surface area contributed by atoms with Crippen LogP contribution in [0.15, 0.2) is 11.3 Å². The summed E-state index contributed by atoms with van der Waals surface area (Å²) in [4.78, 5) is 11.4. The van der Waals surface area contributed by atoms with E-state index >= 15 is 0 Å². The van der Waals surface area contributed by atoms with Crippen molar-refractivity contribution in [2.45, 2.75) is 38.4 Å². The van der Waals surface area contributed by atoms with Gasteiger partial charge in [0, 0.05) is 0 Å². The Kier molecular flexibility index (Phi) is 2.23. The average molecular weight is 198 g/mol. The van der Waals surface area contributed by atoms with E-state index in [9.17, 15) is 15.0 Å². The monoisotopic (exact) mass is 198 g/mol. The summed E-state index contributed by atoms with van der Waals surface area (Å²) in [5.41, 5.74) is 0.293. The summed E-state index contributed by atoms with van der Waals surface area (Å²) in [5.74, 6) is -0.585. The van der Waals surface area contributed by atoms with Crippen molar-refractivity contribution < 1.29 is 19.7 Å². The molecule has 2 aliphatic rings. The van der Waals surface area contributed by atoms with Crippen molar-refractivity contribution in [1.82, 2.24) is 0 Å². The molecule has 0 aromatic carbocycles. The Morgan fingerprint density at radius 3 is 2.86 bits per heavy atom. The highest BCUT2D eigenvalue weighted by Gasteiger charge is 2.38. The van der Waals surface area contributed by atoms with Crippen molar-refractivity contribution in [2.75, 3.05) is 0 Å². The fraction of sp³-hybridized carbons (Fsp3) is 0.700. The molecule has 0 aromatic heterocycles. The number of fused-ring (bicyclic) bond motifs is 1. The second kappa shape index (κ2) is 3.28. The molecule has 0 saturated carbocycles. The Hall–Kier alpha value is -1.03. The van der Waals surface area contributed by atoms with Crippen LogP contribution in [0.3, 0.4) is 0 Å². The maximum Gasteiger partial charge on any atom is 0.338 e. The predicted molar refractivity (Wildman–Crippen MR) is 48.6 cm³/mol. The van der Waals surface area contributed by atoms with E-state index in [-0.39, 0.29) is 17.8 Å². The SMILES string of the molecule is C[C@H]1C[C@H]2CC[C@H](O)C(O)=C2C(=O)O1. The number of hydrogen-bond donors (Lipinski definition) is 2. The third kappa shape index (κ3) is 1.39. The molecule has 0 unspecified atom stereocenters. The molecule has 4 heteroatoms. The summed E-state index contributed by atoms with van der Waals surface area (Å²) >= 11 is 0. The molecular formula is C10H14O4. The third-order valence-corrected chi connectivity index (χ3v) is 2.93. The molecule has 14 heavy (non-hydrogen) atoms. The summed E-state index contributed by atoms with van der Waals surface area (Å²) in [6.45, 7) is 1.84. The minimum Gasteiger partial charge on any atom is -0.509 e. The van der Waals surface area contributed by atoms with E-state index in [1.54, 1.807) is 0 Å². The van der Waals surface area contributed by atoms with Crippen LogP contribution >= 0.6 is 0 Å². The number of carbonyl (C=O) groups is 1. The average Bonchev–Trinajstić information content (AvgIpc) is 2.10. The third-order valence-electron chi connectivity index (χ3n) is 2.93. The lowest BCUT2D eigenvalue weighted by Crippen LogP contribution is -2.36. The van der Waals surface area contributed by atoms with Gasteiger partial charge in [-0.1, -0.05) is 0 Å². The molecule has 1 saturated heterocycles. The van der Waals surface area contributed by atoms with E-state index in [0.717, 1.165) is 12.8 Å². The number of cyclic esters (lactones) is 1. The van der Waals surface area contributed by atoms with Gasteiger partial charge >= 0.3 is 5.97 Å². The first-order valence-electron chi connectivity index (χ1n) is 4.91. The summed E-state index contributed by atoms with van der Waals surface area (Å²) in [6.07, 6.45) is 1.05. The lowest BCUT2D eigenvalue weighted by atomic mass is 9.80. The lowest BCUT2D eigenvalue weighted by Gasteiger charge is -2.33. The van der Waals surface area contributed by atoms with Gasteiger partial charge in [0.15, 0.2) is 0 Å². The van der Waals surface area contributed by atoms with E-state index in [4.69, 9.17) is 4.74 Å². The first-order chi connectivity index (χ1) is 6.59. The molecule has 3 atom stereocenters. The Balaban J connectivity index is 2.33. The van der Waals surface area contributed by atoms with Gasteiger partial charge < -0.3 is 14.9 Å². The number of aliphatic hydroxyl groups excluding tert-OH is 2. The second-order valence-corrected chi connectivity index (χ2v) is 4.04. The zero-order valence-electron chi connectivity index (χ0n) is 8.06. The highest BCUT2D eigenvalue weighted by atomic mass is 16.5. The van der Waals surface area contributed by atoms with Crippen LogP contribution in [0.1, 0.15) is 26.2 Å². The van der Waals surface area contributed by atoms with Gasteiger partial charge in [-0.25, -0.2) is 4.79 Å². The number of carbonyl (C=O) groups excluding carboxylic acids is 1. The summed E-state index contributed by atoms with van der Waals surface area (Å²) in [6, 6.07) is 0. The summed E-state index contributed by atoms with van der Waals surface area (Å²) in [5, 5.41) is 18.9. The maximum atomic E-state index is 11.4. The van der Waals surface area contributed by atoms with Crippen LogP contribution in [0.25, 0.3) is 0 Å².